The maximum absolute atomic E-state index is 13.7. The van der Waals surface area contributed by atoms with Crippen molar-refractivity contribution in [2.75, 3.05) is 0 Å². The lowest BCUT2D eigenvalue weighted by molar-refractivity contribution is 0.480. The highest BCUT2D eigenvalue weighted by molar-refractivity contribution is 9.10. The van der Waals surface area contributed by atoms with Crippen LogP contribution in [0.1, 0.15) is 31.2 Å². The lowest BCUT2D eigenvalue weighted by Gasteiger charge is -2.05. The van der Waals surface area contributed by atoms with Crippen molar-refractivity contribution in [3.05, 3.63) is 40.1 Å². The lowest BCUT2D eigenvalue weighted by atomic mass is 10.0. The Kier molecular flexibility index (Phi) is 3.57. The molecule has 0 atom stereocenters. The number of rotatable bonds is 2. The second kappa shape index (κ2) is 4.93. The van der Waals surface area contributed by atoms with E-state index in [1.165, 1.54) is 12.8 Å². The van der Waals surface area contributed by atoms with Gasteiger partial charge in [-0.3, -0.25) is 0 Å². The Morgan fingerprint density at radius 2 is 1.80 bits per heavy atom. The highest BCUT2D eigenvalue weighted by Crippen LogP contribution is 2.32. The monoisotopic (exact) mass is 268 g/mol. The summed E-state index contributed by atoms with van der Waals surface area (Å²) in [6.07, 6.45) is 6.04. The zero-order valence-electron chi connectivity index (χ0n) is 8.55. The summed E-state index contributed by atoms with van der Waals surface area (Å²) in [7, 11) is 0. The Morgan fingerprint density at radius 1 is 1.20 bits per heavy atom. The van der Waals surface area contributed by atoms with Crippen LogP contribution in [0.4, 0.5) is 4.39 Å². The van der Waals surface area contributed by atoms with Crippen LogP contribution in [0.5, 0.6) is 0 Å². The van der Waals surface area contributed by atoms with Crippen LogP contribution in [-0.2, 0) is 0 Å². The van der Waals surface area contributed by atoms with Gasteiger partial charge in [-0.25, -0.2) is 4.39 Å². The standard InChI is InChI=1S/C13H14BrF/c14-12-7-5-10(6-8-12)9-13(15)11-3-1-2-4-11/h5-9,11H,1-4H2/b13-9+. The van der Waals surface area contributed by atoms with Crippen molar-refractivity contribution in [2.45, 2.75) is 25.7 Å². The largest absolute Gasteiger partial charge is 0.212 e. The van der Waals surface area contributed by atoms with Gasteiger partial charge >= 0.3 is 0 Å². The third kappa shape index (κ3) is 2.91. The molecule has 1 aliphatic rings. The maximum Gasteiger partial charge on any atom is 0.104 e. The van der Waals surface area contributed by atoms with Crippen LogP contribution in [0.15, 0.2) is 34.6 Å². The van der Waals surface area contributed by atoms with Gasteiger partial charge < -0.3 is 0 Å². The molecule has 0 amide bonds. The molecule has 0 heterocycles. The number of hydrogen-bond acceptors (Lipinski definition) is 0. The molecule has 1 saturated carbocycles. The number of allylic oxidation sites excluding steroid dienone is 1. The van der Waals surface area contributed by atoms with E-state index < -0.39 is 0 Å². The van der Waals surface area contributed by atoms with E-state index in [0.29, 0.717) is 0 Å². The molecule has 0 nitrogen and oxygen atoms in total. The van der Waals surface area contributed by atoms with Gasteiger partial charge in [-0.05, 0) is 36.6 Å². The molecule has 0 N–H and O–H groups in total. The third-order valence-corrected chi connectivity index (χ3v) is 3.45. The average molecular weight is 269 g/mol. The average Bonchev–Trinajstić information content (AvgIpc) is 2.74. The molecule has 1 aromatic rings. The molecule has 0 radical (unpaired) electrons. The third-order valence-electron chi connectivity index (χ3n) is 2.92. The molecule has 2 heteroatoms. The molecule has 0 saturated heterocycles. The van der Waals surface area contributed by atoms with Gasteiger partial charge in [-0.2, -0.15) is 0 Å². The van der Waals surface area contributed by atoms with Gasteiger partial charge in [0, 0.05) is 10.4 Å². The molecule has 1 aliphatic carbocycles. The van der Waals surface area contributed by atoms with E-state index >= 15 is 0 Å². The first kappa shape index (κ1) is 10.9. The number of halogens is 2. The van der Waals surface area contributed by atoms with Gasteiger partial charge in [0.1, 0.15) is 5.83 Å². The van der Waals surface area contributed by atoms with Crippen LogP contribution >= 0.6 is 15.9 Å². The van der Waals surface area contributed by atoms with E-state index in [1.807, 2.05) is 24.3 Å². The Bertz CT molecular complexity index is 347. The van der Waals surface area contributed by atoms with Crippen molar-refractivity contribution < 1.29 is 4.39 Å². The summed E-state index contributed by atoms with van der Waals surface area (Å²) in [4.78, 5) is 0. The first-order valence-electron chi connectivity index (χ1n) is 5.38. The molecule has 0 aliphatic heterocycles. The highest BCUT2D eigenvalue weighted by Gasteiger charge is 2.19. The van der Waals surface area contributed by atoms with E-state index in [1.54, 1.807) is 6.08 Å². The molecule has 15 heavy (non-hydrogen) atoms. The number of benzene rings is 1. The molecule has 1 fully saturated rings. The van der Waals surface area contributed by atoms with Crippen molar-refractivity contribution in [3.63, 3.8) is 0 Å². The van der Waals surface area contributed by atoms with Crippen LogP contribution in [-0.4, -0.2) is 0 Å². The van der Waals surface area contributed by atoms with Gasteiger partial charge in [0.2, 0.25) is 0 Å². The summed E-state index contributed by atoms with van der Waals surface area (Å²) in [5, 5.41) is 0. The van der Waals surface area contributed by atoms with E-state index in [2.05, 4.69) is 15.9 Å². The minimum Gasteiger partial charge on any atom is -0.212 e. The highest BCUT2D eigenvalue weighted by atomic mass is 79.9. The smallest absolute Gasteiger partial charge is 0.104 e. The normalized spacial score (nSPS) is 18.4. The first-order chi connectivity index (χ1) is 7.25. The van der Waals surface area contributed by atoms with Crippen molar-refractivity contribution >= 4 is 22.0 Å². The van der Waals surface area contributed by atoms with Crippen molar-refractivity contribution in [1.29, 1.82) is 0 Å². The van der Waals surface area contributed by atoms with Crippen LogP contribution in [0, 0.1) is 5.92 Å². The van der Waals surface area contributed by atoms with Crippen LogP contribution < -0.4 is 0 Å². The quantitative estimate of drug-likeness (QED) is 0.712. The summed E-state index contributed by atoms with van der Waals surface area (Å²) in [5.41, 5.74) is 0.947. The van der Waals surface area contributed by atoms with E-state index in [9.17, 15) is 4.39 Å². The molecule has 0 aromatic heterocycles. The number of hydrogen-bond donors (Lipinski definition) is 0. The van der Waals surface area contributed by atoms with Gasteiger partial charge in [-0.15, -0.1) is 0 Å². The van der Waals surface area contributed by atoms with Gasteiger partial charge in [0.15, 0.2) is 0 Å². The second-order valence-corrected chi connectivity index (χ2v) is 4.98. The minimum atomic E-state index is 0.0508. The summed E-state index contributed by atoms with van der Waals surface area (Å²) < 4.78 is 14.8. The maximum atomic E-state index is 13.7. The molecule has 0 spiro atoms. The van der Waals surface area contributed by atoms with Crippen molar-refractivity contribution in [2.24, 2.45) is 5.92 Å². The molecular weight excluding hydrogens is 255 g/mol. The SMILES string of the molecule is F/C(=C/c1ccc(Br)cc1)C1CCCC1. The summed E-state index contributed by atoms with van der Waals surface area (Å²) in [5.74, 6) is 0.225. The lowest BCUT2D eigenvalue weighted by Crippen LogP contribution is -1.92. The van der Waals surface area contributed by atoms with Gasteiger partial charge in [0.25, 0.3) is 0 Å². The summed E-state index contributed by atoms with van der Waals surface area (Å²) >= 11 is 3.36. The summed E-state index contributed by atoms with van der Waals surface area (Å²) in [6.45, 7) is 0. The first-order valence-corrected chi connectivity index (χ1v) is 6.17. The molecule has 80 valence electrons. The molecule has 1 aromatic carbocycles. The van der Waals surface area contributed by atoms with Crippen LogP contribution in [0.2, 0.25) is 0 Å². The predicted octanol–water partition coefficient (Wildman–Crippen LogP) is 4.95. The van der Waals surface area contributed by atoms with Gasteiger partial charge in [0.05, 0.1) is 0 Å². The predicted molar refractivity (Wildman–Crippen MR) is 65.2 cm³/mol. The fourth-order valence-corrected chi connectivity index (χ4v) is 2.30. The minimum absolute atomic E-state index is 0.0508. The van der Waals surface area contributed by atoms with Crippen LogP contribution in [0.25, 0.3) is 6.08 Å². The second-order valence-electron chi connectivity index (χ2n) is 4.06. The Labute approximate surface area is 98.3 Å². The summed E-state index contributed by atoms with van der Waals surface area (Å²) in [6, 6.07) is 7.73. The molecular formula is C13H14BrF. The van der Waals surface area contributed by atoms with Crippen molar-refractivity contribution in [1.82, 2.24) is 0 Å². The Morgan fingerprint density at radius 3 is 2.40 bits per heavy atom. The van der Waals surface area contributed by atoms with E-state index in [-0.39, 0.29) is 11.7 Å². The Hall–Kier alpha value is -0.630. The van der Waals surface area contributed by atoms with E-state index in [4.69, 9.17) is 0 Å². The fourth-order valence-electron chi connectivity index (χ4n) is 2.04. The fraction of sp³-hybridized carbons (Fsp3) is 0.385. The zero-order valence-corrected chi connectivity index (χ0v) is 10.1. The zero-order chi connectivity index (χ0) is 10.7. The molecule has 0 unspecified atom stereocenters. The van der Waals surface area contributed by atoms with Crippen molar-refractivity contribution in [3.8, 4) is 0 Å². The Balaban J connectivity index is 2.11. The molecule has 0 bridgehead atoms. The van der Waals surface area contributed by atoms with Gasteiger partial charge in [-0.1, -0.05) is 40.9 Å². The molecule has 2 rings (SSSR count). The van der Waals surface area contributed by atoms with Crippen LogP contribution in [0.3, 0.4) is 0 Å². The van der Waals surface area contributed by atoms with E-state index in [0.717, 1.165) is 22.9 Å². The topological polar surface area (TPSA) is 0 Å².